The van der Waals surface area contributed by atoms with Crippen LogP contribution in [0.3, 0.4) is 0 Å². The van der Waals surface area contributed by atoms with Crippen molar-refractivity contribution in [1.82, 2.24) is 4.90 Å². The molecule has 0 aliphatic carbocycles. The maximum atomic E-state index is 10.6. The Bertz CT molecular complexity index is 498. The molecule has 1 aliphatic rings. The molecule has 1 atom stereocenters. The summed E-state index contributed by atoms with van der Waals surface area (Å²) in [7, 11) is 4.75. The summed E-state index contributed by atoms with van der Waals surface area (Å²) in [5.74, 6) is 2.50. The monoisotopic (exact) mass is 323 g/mol. The van der Waals surface area contributed by atoms with Gasteiger partial charge in [0.15, 0.2) is 11.5 Å². The van der Waals surface area contributed by atoms with Gasteiger partial charge in [-0.3, -0.25) is 0 Å². The van der Waals surface area contributed by atoms with E-state index in [0.717, 1.165) is 31.1 Å². The predicted molar refractivity (Wildman–Crippen MR) is 90.5 cm³/mol. The van der Waals surface area contributed by atoms with Gasteiger partial charge in [-0.05, 0) is 50.4 Å². The Morgan fingerprint density at radius 3 is 2.30 bits per heavy atom. The van der Waals surface area contributed by atoms with Crippen LogP contribution in [-0.2, 0) is 0 Å². The SMILES string of the molecule is COc1ccc(C(O)CCN2CCC(C)CC2)c(OC)c1OC. The number of piperidine rings is 1. The second-order valence-corrected chi connectivity index (χ2v) is 6.25. The molecule has 0 aromatic heterocycles. The van der Waals surface area contributed by atoms with E-state index in [0.29, 0.717) is 23.7 Å². The quantitative estimate of drug-likeness (QED) is 0.836. The fourth-order valence-corrected chi connectivity index (χ4v) is 3.13. The van der Waals surface area contributed by atoms with Crippen LogP contribution in [0.4, 0.5) is 0 Å². The van der Waals surface area contributed by atoms with Crippen LogP contribution in [0.15, 0.2) is 12.1 Å². The standard InChI is InChI=1S/C18H29NO4/c1-13-7-10-19(11-8-13)12-9-15(20)14-5-6-16(21-2)18(23-4)17(14)22-3/h5-6,13,15,20H,7-12H2,1-4H3. The number of hydrogen-bond acceptors (Lipinski definition) is 5. The van der Waals surface area contributed by atoms with E-state index in [1.165, 1.54) is 12.8 Å². The molecule has 5 heteroatoms. The van der Waals surface area contributed by atoms with E-state index in [9.17, 15) is 5.11 Å². The number of aliphatic hydroxyl groups is 1. The van der Waals surface area contributed by atoms with Crippen LogP contribution in [0.5, 0.6) is 17.2 Å². The first-order valence-corrected chi connectivity index (χ1v) is 8.30. The number of likely N-dealkylation sites (tertiary alicyclic amines) is 1. The molecule has 0 spiro atoms. The van der Waals surface area contributed by atoms with Gasteiger partial charge in [0.2, 0.25) is 5.75 Å². The first kappa shape index (κ1) is 17.9. The Hall–Kier alpha value is -1.46. The lowest BCUT2D eigenvalue weighted by atomic mass is 9.98. The highest BCUT2D eigenvalue weighted by Crippen LogP contribution is 2.42. The summed E-state index contributed by atoms with van der Waals surface area (Å²) in [4.78, 5) is 2.43. The van der Waals surface area contributed by atoms with Crippen molar-refractivity contribution in [3.05, 3.63) is 17.7 Å². The molecule has 1 aliphatic heterocycles. The molecule has 0 amide bonds. The zero-order chi connectivity index (χ0) is 16.8. The highest BCUT2D eigenvalue weighted by Gasteiger charge is 2.22. The first-order valence-electron chi connectivity index (χ1n) is 8.30. The number of nitrogens with zero attached hydrogens (tertiary/aromatic N) is 1. The summed E-state index contributed by atoms with van der Waals surface area (Å²) in [5, 5.41) is 10.6. The van der Waals surface area contributed by atoms with Gasteiger partial charge in [0.25, 0.3) is 0 Å². The minimum absolute atomic E-state index is 0.526. The Morgan fingerprint density at radius 2 is 1.74 bits per heavy atom. The summed E-state index contributed by atoms with van der Waals surface area (Å²) < 4.78 is 16.1. The van der Waals surface area contributed by atoms with Gasteiger partial charge in [-0.15, -0.1) is 0 Å². The van der Waals surface area contributed by atoms with Crippen molar-refractivity contribution in [1.29, 1.82) is 0 Å². The van der Waals surface area contributed by atoms with Gasteiger partial charge in [0.05, 0.1) is 27.4 Å². The molecular formula is C18H29NO4. The lowest BCUT2D eigenvalue weighted by Crippen LogP contribution is -2.34. The van der Waals surface area contributed by atoms with Crippen LogP contribution in [-0.4, -0.2) is 51.0 Å². The lowest BCUT2D eigenvalue weighted by molar-refractivity contribution is 0.123. The van der Waals surface area contributed by atoms with Crippen molar-refractivity contribution in [3.8, 4) is 17.2 Å². The van der Waals surface area contributed by atoms with E-state index < -0.39 is 6.10 Å². The summed E-state index contributed by atoms with van der Waals surface area (Å²) in [6, 6.07) is 3.66. The average Bonchev–Trinajstić information content (AvgIpc) is 2.59. The molecule has 1 N–H and O–H groups in total. The molecule has 1 aromatic carbocycles. The molecule has 1 heterocycles. The third-order valence-electron chi connectivity index (χ3n) is 4.69. The Morgan fingerprint density at radius 1 is 1.09 bits per heavy atom. The second kappa shape index (κ2) is 8.41. The third-order valence-corrected chi connectivity index (χ3v) is 4.69. The number of benzene rings is 1. The van der Waals surface area contributed by atoms with Crippen molar-refractivity contribution in [2.75, 3.05) is 41.0 Å². The van der Waals surface area contributed by atoms with E-state index in [1.54, 1.807) is 21.3 Å². The molecule has 0 saturated carbocycles. The molecule has 5 nitrogen and oxygen atoms in total. The summed E-state index contributed by atoms with van der Waals surface area (Å²) in [6.45, 7) is 5.44. The van der Waals surface area contributed by atoms with Crippen molar-refractivity contribution in [2.24, 2.45) is 5.92 Å². The van der Waals surface area contributed by atoms with E-state index >= 15 is 0 Å². The van der Waals surface area contributed by atoms with Gasteiger partial charge in [0, 0.05) is 12.1 Å². The normalized spacial score (nSPS) is 17.8. The molecule has 23 heavy (non-hydrogen) atoms. The third kappa shape index (κ3) is 4.30. The van der Waals surface area contributed by atoms with E-state index in [1.807, 2.05) is 12.1 Å². The van der Waals surface area contributed by atoms with Crippen LogP contribution < -0.4 is 14.2 Å². The number of methoxy groups -OCH3 is 3. The highest BCUT2D eigenvalue weighted by molar-refractivity contribution is 5.56. The Balaban J connectivity index is 2.05. The van der Waals surface area contributed by atoms with Crippen LogP contribution in [0, 0.1) is 5.92 Å². The summed E-state index contributed by atoms with van der Waals surface area (Å²) in [6.07, 6.45) is 2.59. The number of rotatable bonds is 7. The van der Waals surface area contributed by atoms with Crippen LogP contribution >= 0.6 is 0 Å². The van der Waals surface area contributed by atoms with Gasteiger partial charge in [0.1, 0.15) is 0 Å². The predicted octanol–water partition coefficient (Wildman–Crippen LogP) is 2.87. The van der Waals surface area contributed by atoms with E-state index in [2.05, 4.69) is 11.8 Å². The molecule has 1 unspecified atom stereocenters. The van der Waals surface area contributed by atoms with Crippen molar-refractivity contribution >= 4 is 0 Å². The highest BCUT2D eigenvalue weighted by atomic mass is 16.5. The zero-order valence-electron chi connectivity index (χ0n) is 14.7. The van der Waals surface area contributed by atoms with Crippen molar-refractivity contribution in [3.63, 3.8) is 0 Å². The molecule has 1 aromatic rings. The lowest BCUT2D eigenvalue weighted by Gasteiger charge is -2.30. The molecule has 0 bridgehead atoms. The van der Waals surface area contributed by atoms with Crippen LogP contribution in [0.2, 0.25) is 0 Å². The van der Waals surface area contributed by atoms with Crippen molar-refractivity contribution in [2.45, 2.75) is 32.3 Å². The minimum Gasteiger partial charge on any atom is -0.493 e. The molecule has 1 saturated heterocycles. The first-order chi connectivity index (χ1) is 11.1. The van der Waals surface area contributed by atoms with Crippen LogP contribution in [0.25, 0.3) is 0 Å². The number of hydrogen-bond donors (Lipinski definition) is 1. The topological polar surface area (TPSA) is 51.2 Å². The molecule has 130 valence electrons. The Labute approximate surface area is 139 Å². The van der Waals surface area contributed by atoms with Gasteiger partial charge in [-0.1, -0.05) is 6.92 Å². The molecule has 2 rings (SSSR count). The van der Waals surface area contributed by atoms with E-state index in [4.69, 9.17) is 14.2 Å². The molecular weight excluding hydrogens is 294 g/mol. The maximum absolute atomic E-state index is 10.6. The molecule has 1 fully saturated rings. The number of aliphatic hydroxyl groups excluding tert-OH is 1. The van der Waals surface area contributed by atoms with E-state index in [-0.39, 0.29) is 0 Å². The average molecular weight is 323 g/mol. The van der Waals surface area contributed by atoms with Crippen molar-refractivity contribution < 1.29 is 19.3 Å². The Kier molecular flexibility index (Phi) is 6.54. The maximum Gasteiger partial charge on any atom is 0.203 e. The fraction of sp³-hybridized carbons (Fsp3) is 0.667. The van der Waals surface area contributed by atoms with Gasteiger partial charge >= 0.3 is 0 Å². The smallest absolute Gasteiger partial charge is 0.203 e. The fourth-order valence-electron chi connectivity index (χ4n) is 3.13. The van der Waals surface area contributed by atoms with Gasteiger partial charge in [-0.25, -0.2) is 0 Å². The minimum atomic E-state index is -0.580. The van der Waals surface area contributed by atoms with Gasteiger partial charge < -0.3 is 24.2 Å². The summed E-state index contributed by atoms with van der Waals surface area (Å²) >= 11 is 0. The summed E-state index contributed by atoms with van der Waals surface area (Å²) in [5.41, 5.74) is 0.746. The number of ether oxygens (including phenoxy) is 3. The zero-order valence-corrected chi connectivity index (χ0v) is 14.7. The second-order valence-electron chi connectivity index (χ2n) is 6.25. The largest absolute Gasteiger partial charge is 0.493 e. The van der Waals surface area contributed by atoms with Gasteiger partial charge in [-0.2, -0.15) is 0 Å². The molecule has 0 radical (unpaired) electrons. The van der Waals surface area contributed by atoms with Crippen LogP contribution in [0.1, 0.15) is 37.9 Å².